The van der Waals surface area contributed by atoms with E-state index in [1.165, 1.54) is 16.5 Å². The predicted octanol–water partition coefficient (Wildman–Crippen LogP) is 4.15. The maximum absolute atomic E-state index is 3.58. The van der Waals surface area contributed by atoms with Gasteiger partial charge < -0.3 is 5.32 Å². The van der Waals surface area contributed by atoms with Crippen molar-refractivity contribution in [3.8, 4) is 0 Å². The minimum Gasteiger partial charge on any atom is -0.310 e. The molecule has 15 heavy (non-hydrogen) atoms. The Labute approximate surface area is 101 Å². The molecule has 1 rings (SSSR count). The van der Waals surface area contributed by atoms with Crippen molar-refractivity contribution in [3.63, 3.8) is 0 Å². The van der Waals surface area contributed by atoms with Crippen LogP contribution < -0.4 is 5.32 Å². The molecule has 0 aliphatic rings. The van der Waals surface area contributed by atoms with Gasteiger partial charge in [-0.05, 0) is 37.4 Å². The number of rotatable bonds is 5. The van der Waals surface area contributed by atoms with Gasteiger partial charge in [0.05, 0.1) is 0 Å². The fourth-order valence-corrected chi connectivity index (χ4v) is 2.15. The summed E-state index contributed by atoms with van der Waals surface area (Å²) in [5.41, 5.74) is 1.33. The number of hydrogen-bond acceptors (Lipinski definition) is 1. The van der Waals surface area contributed by atoms with Gasteiger partial charge in [-0.2, -0.15) is 0 Å². The third-order valence-electron chi connectivity index (χ3n) is 2.54. The highest BCUT2D eigenvalue weighted by molar-refractivity contribution is 9.10. The average Bonchev–Trinajstić information content (AvgIpc) is 2.17. The maximum Gasteiger partial charge on any atom is 0.0302 e. The van der Waals surface area contributed by atoms with E-state index in [4.69, 9.17) is 0 Å². The minimum atomic E-state index is 0.416. The van der Waals surface area contributed by atoms with E-state index < -0.39 is 0 Å². The molecule has 0 aliphatic carbocycles. The van der Waals surface area contributed by atoms with Gasteiger partial charge in [-0.1, -0.05) is 48.0 Å². The van der Waals surface area contributed by atoms with E-state index in [2.05, 4.69) is 66.3 Å². The van der Waals surface area contributed by atoms with E-state index in [1.807, 2.05) is 0 Å². The van der Waals surface area contributed by atoms with Gasteiger partial charge in [0.25, 0.3) is 0 Å². The van der Waals surface area contributed by atoms with Crippen molar-refractivity contribution in [2.24, 2.45) is 5.92 Å². The lowest BCUT2D eigenvalue weighted by Crippen LogP contribution is -2.21. The molecule has 1 atom stereocenters. The van der Waals surface area contributed by atoms with Gasteiger partial charge in [0.15, 0.2) is 0 Å². The predicted molar refractivity (Wildman–Crippen MR) is 70.0 cm³/mol. The minimum absolute atomic E-state index is 0.416. The van der Waals surface area contributed by atoms with Crippen molar-refractivity contribution in [1.82, 2.24) is 5.32 Å². The molecular weight excluding hydrogens is 250 g/mol. The van der Waals surface area contributed by atoms with Crippen molar-refractivity contribution in [2.75, 3.05) is 6.54 Å². The Bertz CT molecular complexity index is 296. The summed E-state index contributed by atoms with van der Waals surface area (Å²) in [6.45, 7) is 7.80. The van der Waals surface area contributed by atoms with Crippen LogP contribution in [-0.4, -0.2) is 6.54 Å². The SMILES string of the molecule is CC(C)CCNC(C)c1ccccc1Br. The molecule has 84 valence electrons. The number of benzene rings is 1. The standard InChI is InChI=1S/C13H20BrN/c1-10(2)8-9-15-11(3)12-6-4-5-7-13(12)14/h4-7,10-11,15H,8-9H2,1-3H3. The molecule has 0 saturated carbocycles. The molecule has 2 heteroatoms. The molecule has 0 saturated heterocycles. The first-order valence-corrected chi connectivity index (χ1v) is 6.38. The number of halogens is 1. The molecule has 1 aromatic carbocycles. The smallest absolute Gasteiger partial charge is 0.0302 e. The largest absolute Gasteiger partial charge is 0.310 e. The molecular formula is C13H20BrN. The average molecular weight is 270 g/mol. The van der Waals surface area contributed by atoms with Crippen LogP contribution >= 0.6 is 15.9 Å². The van der Waals surface area contributed by atoms with Crippen LogP contribution in [-0.2, 0) is 0 Å². The number of nitrogens with one attached hydrogen (secondary N) is 1. The van der Waals surface area contributed by atoms with Crippen LogP contribution in [0.4, 0.5) is 0 Å². The molecule has 0 aromatic heterocycles. The Morgan fingerprint density at radius 1 is 1.20 bits per heavy atom. The molecule has 0 heterocycles. The first-order valence-electron chi connectivity index (χ1n) is 5.59. The second kappa shape index (κ2) is 6.29. The van der Waals surface area contributed by atoms with Gasteiger partial charge in [-0.25, -0.2) is 0 Å². The molecule has 1 unspecified atom stereocenters. The van der Waals surface area contributed by atoms with E-state index in [1.54, 1.807) is 0 Å². The molecule has 0 bridgehead atoms. The molecule has 1 nitrogen and oxygen atoms in total. The van der Waals surface area contributed by atoms with Gasteiger partial charge >= 0.3 is 0 Å². The lowest BCUT2D eigenvalue weighted by Gasteiger charge is -2.16. The van der Waals surface area contributed by atoms with Crippen LogP contribution in [0.2, 0.25) is 0 Å². The van der Waals surface area contributed by atoms with Crippen molar-refractivity contribution < 1.29 is 0 Å². The Kier molecular flexibility index (Phi) is 5.34. The molecule has 0 aliphatic heterocycles. The quantitative estimate of drug-likeness (QED) is 0.847. The molecule has 1 N–H and O–H groups in total. The zero-order valence-corrected chi connectivity index (χ0v) is 11.3. The van der Waals surface area contributed by atoms with E-state index >= 15 is 0 Å². The first-order chi connectivity index (χ1) is 7.11. The molecule has 0 fully saturated rings. The fraction of sp³-hybridized carbons (Fsp3) is 0.538. The Balaban J connectivity index is 2.47. The van der Waals surface area contributed by atoms with Gasteiger partial charge in [0.1, 0.15) is 0 Å². The van der Waals surface area contributed by atoms with Gasteiger partial charge in [0.2, 0.25) is 0 Å². The maximum atomic E-state index is 3.58. The van der Waals surface area contributed by atoms with Crippen LogP contribution in [0.5, 0.6) is 0 Å². The zero-order valence-electron chi connectivity index (χ0n) is 9.76. The van der Waals surface area contributed by atoms with Gasteiger partial charge in [-0.15, -0.1) is 0 Å². The molecule has 0 spiro atoms. The van der Waals surface area contributed by atoms with Crippen LogP contribution in [0.25, 0.3) is 0 Å². The summed E-state index contributed by atoms with van der Waals surface area (Å²) in [6, 6.07) is 8.81. The third-order valence-corrected chi connectivity index (χ3v) is 3.27. The second-order valence-corrected chi connectivity index (χ2v) is 5.23. The van der Waals surface area contributed by atoms with Crippen molar-refractivity contribution >= 4 is 15.9 Å². The summed E-state index contributed by atoms with van der Waals surface area (Å²) in [5.74, 6) is 0.768. The van der Waals surface area contributed by atoms with E-state index in [-0.39, 0.29) is 0 Å². The summed E-state index contributed by atoms with van der Waals surface area (Å²) in [5, 5.41) is 3.54. The highest BCUT2D eigenvalue weighted by Crippen LogP contribution is 2.22. The van der Waals surface area contributed by atoms with E-state index in [9.17, 15) is 0 Å². The molecule has 0 radical (unpaired) electrons. The Morgan fingerprint density at radius 3 is 2.47 bits per heavy atom. The monoisotopic (exact) mass is 269 g/mol. The third kappa shape index (κ3) is 4.35. The Hall–Kier alpha value is -0.340. The highest BCUT2D eigenvalue weighted by Gasteiger charge is 2.07. The van der Waals surface area contributed by atoms with Crippen molar-refractivity contribution in [2.45, 2.75) is 33.2 Å². The topological polar surface area (TPSA) is 12.0 Å². The van der Waals surface area contributed by atoms with Crippen LogP contribution in [0.3, 0.4) is 0 Å². The Morgan fingerprint density at radius 2 is 1.87 bits per heavy atom. The van der Waals surface area contributed by atoms with E-state index in [0.29, 0.717) is 6.04 Å². The zero-order chi connectivity index (χ0) is 11.3. The summed E-state index contributed by atoms with van der Waals surface area (Å²) in [7, 11) is 0. The normalized spacial score (nSPS) is 13.1. The van der Waals surface area contributed by atoms with Crippen LogP contribution in [0.1, 0.15) is 38.8 Å². The first kappa shape index (κ1) is 12.7. The summed E-state index contributed by atoms with van der Waals surface area (Å²) in [4.78, 5) is 0. The van der Waals surface area contributed by atoms with Crippen molar-refractivity contribution in [1.29, 1.82) is 0 Å². The molecule has 0 amide bonds. The van der Waals surface area contributed by atoms with E-state index in [0.717, 1.165) is 12.5 Å². The lowest BCUT2D eigenvalue weighted by atomic mass is 10.1. The summed E-state index contributed by atoms with van der Waals surface area (Å²) < 4.78 is 1.19. The lowest BCUT2D eigenvalue weighted by molar-refractivity contribution is 0.496. The fourth-order valence-electron chi connectivity index (χ4n) is 1.52. The highest BCUT2D eigenvalue weighted by atomic mass is 79.9. The van der Waals surface area contributed by atoms with Crippen molar-refractivity contribution in [3.05, 3.63) is 34.3 Å². The molecule has 1 aromatic rings. The second-order valence-electron chi connectivity index (χ2n) is 4.38. The van der Waals surface area contributed by atoms with Gasteiger partial charge in [0, 0.05) is 10.5 Å². The van der Waals surface area contributed by atoms with Crippen LogP contribution in [0, 0.1) is 5.92 Å². The van der Waals surface area contributed by atoms with Crippen LogP contribution in [0.15, 0.2) is 28.7 Å². The summed E-state index contributed by atoms with van der Waals surface area (Å²) in [6.07, 6.45) is 1.23. The van der Waals surface area contributed by atoms with Gasteiger partial charge in [-0.3, -0.25) is 0 Å². The summed E-state index contributed by atoms with van der Waals surface area (Å²) >= 11 is 3.58. The number of hydrogen-bond donors (Lipinski definition) is 1.